The number of hydrogen-bond donors (Lipinski definition) is 1. The van der Waals surface area contributed by atoms with E-state index in [4.69, 9.17) is 27.9 Å². The third-order valence-electron chi connectivity index (χ3n) is 4.89. The highest BCUT2D eigenvalue weighted by Gasteiger charge is 2.27. The van der Waals surface area contributed by atoms with Crippen LogP contribution in [0.4, 0.5) is 5.69 Å². The summed E-state index contributed by atoms with van der Waals surface area (Å²) in [5, 5.41) is 3.26. The third-order valence-corrected chi connectivity index (χ3v) is 6.82. The molecule has 0 saturated heterocycles. The number of hydrogen-bond acceptors (Lipinski definition) is 4. The lowest BCUT2D eigenvalue weighted by Crippen LogP contribution is -2.42. The van der Waals surface area contributed by atoms with Crippen molar-refractivity contribution in [3.63, 3.8) is 0 Å². The van der Waals surface area contributed by atoms with Gasteiger partial charge >= 0.3 is 0 Å². The molecule has 1 aliphatic carbocycles. The number of amides is 1. The van der Waals surface area contributed by atoms with Crippen LogP contribution in [0.25, 0.3) is 0 Å². The van der Waals surface area contributed by atoms with Crippen LogP contribution in [0.1, 0.15) is 30.0 Å². The van der Waals surface area contributed by atoms with Crippen molar-refractivity contribution in [3.8, 4) is 5.75 Å². The molecule has 0 saturated carbocycles. The van der Waals surface area contributed by atoms with E-state index in [1.54, 1.807) is 19.2 Å². The molecule has 6 nitrogen and oxygen atoms in total. The van der Waals surface area contributed by atoms with E-state index in [9.17, 15) is 13.2 Å². The van der Waals surface area contributed by atoms with Crippen molar-refractivity contribution >= 4 is 44.8 Å². The van der Waals surface area contributed by atoms with Gasteiger partial charge in [-0.15, -0.1) is 0 Å². The SMILES string of the molecule is COc1ccc2c(c1)CCCC2NC(=O)CN(c1cccc(Cl)c1Cl)S(C)(=O)=O. The van der Waals surface area contributed by atoms with Gasteiger partial charge in [0.25, 0.3) is 0 Å². The number of nitrogens with one attached hydrogen (secondary N) is 1. The molecule has 1 amide bonds. The molecule has 0 spiro atoms. The van der Waals surface area contributed by atoms with Gasteiger partial charge in [-0.25, -0.2) is 8.42 Å². The Bertz CT molecular complexity index is 1030. The highest BCUT2D eigenvalue weighted by atomic mass is 35.5. The Kier molecular flexibility index (Phi) is 6.61. The molecule has 2 aromatic rings. The molecule has 29 heavy (non-hydrogen) atoms. The first-order valence-corrected chi connectivity index (χ1v) is 11.7. The first-order chi connectivity index (χ1) is 13.7. The summed E-state index contributed by atoms with van der Waals surface area (Å²) in [5.74, 6) is 0.356. The van der Waals surface area contributed by atoms with Gasteiger partial charge in [0, 0.05) is 0 Å². The molecule has 1 atom stereocenters. The lowest BCUT2D eigenvalue weighted by molar-refractivity contribution is -0.120. The zero-order valence-corrected chi connectivity index (χ0v) is 18.4. The Morgan fingerprint density at radius 1 is 1.28 bits per heavy atom. The Morgan fingerprint density at radius 3 is 2.72 bits per heavy atom. The van der Waals surface area contributed by atoms with E-state index in [1.807, 2.05) is 18.2 Å². The second-order valence-electron chi connectivity index (χ2n) is 6.92. The van der Waals surface area contributed by atoms with Crippen LogP contribution < -0.4 is 14.4 Å². The Hall–Kier alpha value is -1.96. The molecular formula is C20H22Cl2N2O4S. The number of ether oxygens (including phenoxy) is 1. The van der Waals surface area contributed by atoms with Gasteiger partial charge in [-0.2, -0.15) is 0 Å². The largest absolute Gasteiger partial charge is 0.497 e. The molecule has 0 aliphatic heterocycles. The maximum absolute atomic E-state index is 12.8. The summed E-state index contributed by atoms with van der Waals surface area (Å²) in [6, 6.07) is 10.3. The molecule has 1 N–H and O–H groups in total. The minimum Gasteiger partial charge on any atom is -0.497 e. The van der Waals surface area contributed by atoms with E-state index in [0.29, 0.717) is 0 Å². The van der Waals surface area contributed by atoms with E-state index in [2.05, 4.69) is 5.32 Å². The summed E-state index contributed by atoms with van der Waals surface area (Å²) >= 11 is 12.2. The summed E-state index contributed by atoms with van der Waals surface area (Å²) in [6.07, 6.45) is 3.63. The van der Waals surface area contributed by atoms with Crippen LogP contribution >= 0.6 is 23.2 Å². The molecule has 1 unspecified atom stereocenters. The zero-order chi connectivity index (χ0) is 21.2. The summed E-state index contributed by atoms with van der Waals surface area (Å²) in [5.41, 5.74) is 2.32. The molecule has 2 aromatic carbocycles. The van der Waals surface area contributed by atoms with E-state index in [1.165, 1.54) is 6.07 Å². The average Bonchev–Trinajstić information content (AvgIpc) is 2.67. The van der Waals surface area contributed by atoms with Crippen molar-refractivity contribution < 1.29 is 17.9 Å². The highest BCUT2D eigenvalue weighted by molar-refractivity contribution is 7.92. The number of anilines is 1. The standard InChI is InChI=1S/C20H22Cl2N2O4S/c1-28-14-9-10-15-13(11-14)5-3-7-17(15)23-19(25)12-24(29(2,26)27)18-8-4-6-16(21)20(18)22/h4,6,8-11,17H,3,5,7,12H2,1-2H3,(H,23,25). The summed E-state index contributed by atoms with van der Waals surface area (Å²) in [4.78, 5) is 12.8. The predicted octanol–water partition coefficient (Wildman–Crippen LogP) is 3.96. The molecule has 0 fully saturated rings. The van der Waals surface area contributed by atoms with Gasteiger partial charge in [0.2, 0.25) is 15.9 Å². The van der Waals surface area contributed by atoms with Crippen molar-refractivity contribution in [3.05, 3.63) is 57.6 Å². The van der Waals surface area contributed by atoms with Crippen LogP contribution in [0, 0.1) is 0 Å². The second-order valence-corrected chi connectivity index (χ2v) is 9.61. The van der Waals surface area contributed by atoms with Crippen molar-refractivity contribution in [1.82, 2.24) is 5.32 Å². The van der Waals surface area contributed by atoms with Gasteiger partial charge < -0.3 is 10.1 Å². The summed E-state index contributed by atoms with van der Waals surface area (Å²) in [6.45, 7) is -0.388. The fraction of sp³-hybridized carbons (Fsp3) is 0.350. The lowest BCUT2D eigenvalue weighted by atomic mass is 9.87. The number of sulfonamides is 1. The van der Waals surface area contributed by atoms with E-state index in [-0.39, 0.29) is 28.3 Å². The number of fused-ring (bicyclic) bond motifs is 1. The fourth-order valence-electron chi connectivity index (χ4n) is 3.50. The van der Waals surface area contributed by atoms with E-state index < -0.39 is 15.9 Å². The Balaban J connectivity index is 1.81. The summed E-state index contributed by atoms with van der Waals surface area (Å²) < 4.78 is 30.9. The number of methoxy groups -OCH3 is 1. The minimum absolute atomic E-state index is 0.0856. The summed E-state index contributed by atoms with van der Waals surface area (Å²) in [7, 11) is -2.13. The molecule has 3 rings (SSSR count). The van der Waals surface area contributed by atoms with Crippen molar-refractivity contribution in [2.24, 2.45) is 0 Å². The number of rotatable bonds is 6. The van der Waals surface area contributed by atoms with Crippen LogP contribution in [-0.4, -0.2) is 34.2 Å². The molecule has 0 bridgehead atoms. The van der Waals surface area contributed by atoms with Crippen LogP contribution in [0.15, 0.2) is 36.4 Å². The smallest absolute Gasteiger partial charge is 0.241 e. The highest BCUT2D eigenvalue weighted by Crippen LogP contribution is 2.34. The minimum atomic E-state index is -3.75. The first kappa shape index (κ1) is 21.7. The normalized spacial score (nSPS) is 16.1. The van der Waals surface area contributed by atoms with Crippen molar-refractivity contribution in [2.75, 3.05) is 24.2 Å². The van der Waals surface area contributed by atoms with Gasteiger partial charge in [-0.3, -0.25) is 9.10 Å². The second kappa shape index (κ2) is 8.81. The van der Waals surface area contributed by atoms with Gasteiger partial charge in [0.15, 0.2) is 0 Å². The van der Waals surface area contributed by atoms with Crippen molar-refractivity contribution in [1.29, 1.82) is 0 Å². The molecule has 0 aromatic heterocycles. The number of benzene rings is 2. The monoisotopic (exact) mass is 456 g/mol. The third kappa shape index (κ3) is 4.97. The molecule has 156 valence electrons. The number of carbonyl (C=O) groups is 1. The van der Waals surface area contributed by atoms with Crippen LogP contribution in [-0.2, 0) is 21.2 Å². The van der Waals surface area contributed by atoms with Crippen LogP contribution in [0.3, 0.4) is 0 Å². The van der Waals surface area contributed by atoms with Gasteiger partial charge in [-0.1, -0.05) is 35.3 Å². The molecule has 1 aliphatic rings. The predicted molar refractivity (Wildman–Crippen MR) is 115 cm³/mol. The van der Waals surface area contributed by atoms with Gasteiger partial charge in [0.05, 0.1) is 35.1 Å². The molecular weight excluding hydrogens is 435 g/mol. The van der Waals surface area contributed by atoms with Crippen LogP contribution in [0.2, 0.25) is 10.0 Å². The maximum Gasteiger partial charge on any atom is 0.241 e. The molecule has 0 heterocycles. The maximum atomic E-state index is 12.8. The molecule has 9 heteroatoms. The Morgan fingerprint density at radius 2 is 2.03 bits per heavy atom. The van der Waals surface area contributed by atoms with E-state index >= 15 is 0 Å². The zero-order valence-electron chi connectivity index (χ0n) is 16.1. The average molecular weight is 457 g/mol. The quantitative estimate of drug-likeness (QED) is 0.713. The Labute approximate surface area is 180 Å². The van der Waals surface area contributed by atoms with Gasteiger partial charge in [0.1, 0.15) is 12.3 Å². The fourth-order valence-corrected chi connectivity index (χ4v) is 4.81. The van der Waals surface area contributed by atoms with E-state index in [0.717, 1.165) is 46.7 Å². The first-order valence-electron chi connectivity index (χ1n) is 9.08. The number of aryl methyl sites for hydroxylation is 1. The number of carbonyl (C=O) groups excluding carboxylic acids is 1. The topological polar surface area (TPSA) is 75.7 Å². The van der Waals surface area contributed by atoms with Crippen molar-refractivity contribution in [2.45, 2.75) is 25.3 Å². The number of nitrogens with zero attached hydrogens (tertiary/aromatic N) is 1. The van der Waals surface area contributed by atoms with Gasteiger partial charge in [-0.05, 0) is 54.7 Å². The lowest BCUT2D eigenvalue weighted by Gasteiger charge is -2.28. The molecule has 0 radical (unpaired) electrons. The number of halogens is 2. The van der Waals surface area contributed by atoms with Crippen LogP contribution in [0.5, 0.6) is 5.75 Å².